The second-order valence-corrected chi connectivity index (χ2v) is 6.39. The SMILES string of the molecule is CCn1c(=O)c2nc3n(c2n(CC)c1=O)CCNc1cc(Cl)ccc1-3. The van der Waals surface area contributed by atoms with Crippen molar-refractivity contribution in [2.45, 2.75) is 33.5 Å². The number of aryl methyl sites for hydroxylation is 1. The van der Waals surface area contributed by atoms with Crippen molar-refractivity contribution in [1.29, 1.82) is 0 Å². The number of rotatable bonds is 2. The molecule has 0 radical (unpaired) electrons. The van der Waals surface area contributed by atoms with Crippen LogP contribution in [0.2, 0.25) is 5.02 Å². The van der Waals surface area contributed by atoms with Crippen molar-refractivity contribution in [1.82, 2.24) is 18.7 Å². The maximum Gasteiger partial charge on any atom is 0.332 e. The monoisotopic (exact) mass is 359 g/mol. The number of nitrogens with one attached hydrogen (secondary N) is 1. The highest BCUT2D eigenvalue weighted by Crippen LogP contribution is 2.33. The fourth-order valence-corrected chi connectivity index (χ4v) is 3.63. The maximum atomic E-state index is 12.8. The Balaban J connectivity index is 2.16. The van der Waals surface area contributed by atoms with Crippen LogP contribution in [-0.4, -0.2) is 25.2 Å². The Morgan fingerprint density at radius 3 is 2.68 bits per heavy atom. The summed E-state index contributed by atoms with van der Waals surface area (Å²) >= 11 is 6.10. The zero-order chi connectivity index (χ0) is 17.7. The highest BCUT2D eigenvalue weighted by Gasteiger charge is 2.24. The highest BCUT2D eigenvalue weighted by atomic mass is 35.5. The molecule has 0 aliphatic carbocycles. The van der Waals surface area contributed by atoms with Crippen LogP contribution in [0.4, 0.5) is 5.69 Å². The first-order valence-electron chi connectivity index (χ1n) is 8.34. The van der Waals surface area contributed by atoms with E-state index >= 15 is 0 Å². The maximum absolute atomic E-state index is 12.8. The van der Waals surface area contributed by atoms with Crippen LogP contribution in [0.3, 0.4) is 0 Å². The van der Waals surface area contributed by atoms with E-state index in [1.165, 1.54) is 4.57 Å². The van der Waals surface area contributed by atoms with Crippen molar-refractivity contribution < 1.29 is 0 Å². The molecule has 0 saturated heterocycles. The van der Waals surface area contributed by atoms with E-state index in [2.05, 4.69) is 10.3 Å². The number of nitrogens with zero attached hydrogens (tertiary/aromatic N) is 4. The van der Waals surface area contributed by atoms with E-state index in [1.807, 2.05) is 23.6 Å². The summed E-state index contributed by atoms with van der Waals surface area (Å²) in [7, 11) is 0. The van der Waals surface area contributed by atoms with E-state index in [0.717, 1.165) is 11.3 Å². The van der Waals surface area contributed by atoms with Crippen LogP contribution in [0, 0.1) is 0 Å². The van der Waals surface area contributed by atoms with Crippen LogP contribution in [0.1, 0.15) is 13.8 Å². The van der Waals surface area contributed by atoms with Gasteiger partial charge in [0.2, 0.25) is 0 Å². The third-order valence-electron chi connectivity index (χ3n) is 4.61. The van der Waals surface area contributed by atoms with Gasteiger partial charge >= 0.3 is 5.69 Å². The van der Waals surface area contributed by atoms with Crippen molar-refractivity contribution >= 4 is 28.5 Å². The molecule has 0 saturated carbocycles. The van der Waals surface area contributed by atoms with Gasteiger partial charge in [0.25, 0.3) is 5.56 Å². The summed E-state index contributed by atoms with van der Waals surface area (Å²) in [6, 6.07) is 5.54. The molecule has 130 valence electrons. The zero-order valence-electron chi connectivity index (χ0n) is 14.0. The van der Waals surface area contributed by atoms with Gasteiger partial charge in [-0.1, -0.05) is 11.6 Å². The number of fused-ring (bicyclic) bond motifs is 5. The molecule has 0 fully saturated rings. The lowest BCUT2D eigenvalue weighted by Crippen LogP contribution is -2.40. The van der Waals surface area contributed by atoms with E-state index < -0.39 is 0 Å². The number of imidazole rings is 1. The summed E-state index contributed by atoms with van der Waals surface area (Å²) in [5, 5.41) is 3.97. The Bertz CT molecular complexity index is 1110. The third-order valence-corrected chi connectivity index (χ3v) is 4.85. The predicted octanol–water partition coefficient (Wildman–Crippen LogP) is 2.15. The van der Waals surface area contributed by atoms with Gasteiger partial charge in [0.1, 0.15) is 5.82 Å². The fourth-order valence-electron chi connectivity index (χ4n) is 3.45. The second-order valence-electron chi connectivity index (χ2n) is 5.95. The Morgan fingerprint density at radius 1 is 1.20 bits per heavy atom. The van der Waals surface area contributed by atoms with Gasteiger partial charge in [-0.3, -0.25) is 13.9 Å². The van der Waals surface area contributed by atoms with Crippen LogP contribution >= 0.6 is 11.6 Å². The average Bonchev–Trinajstić information content (AvgIpc) is 2.86. The lowest BCUT2D eigenvalue weighted by molar-refractivity contribution is 0.594. The molecule has 2 aromatic heterocycles. The van der Waals surface area contributed by atoms with E-state index in [4.69, 9.17) is 11.6 Å². The van der Waals surface area contributed by atoms with Gasteiger partial charge in [-0.05, 0) is 32.0 Å². The molecule has 1 aliphatic heterocycles. The minimum absolute atomic E-state index is 0.293. The molecule has 1 aliphatic rings. The van der Waals surface area contributed by atoms with E-state index in [-0.39, 0.29) is 11.2 Å². The van der Waals surface area contributed by atoms with Gasteiger partial charge in [0.15, 0.2) is 11.2 Å². The smallest absolute Gasteiger partial charge is 0.332 e. The molecule has 0 amide bonds. The summed E-state index contributed by atoms with van der Waals surface area (Å²) in [6.45, 7) is 5.74. The molecule has 4 rings (SSSR count). The Hall–Kier alpha value is -2.54. The fraction of sp³-hybridized carbons (Fsp3) is 0.353. The minimum atomic E-state index is -0.337. The van der Waals surface area contributed by atoms with Gasteiger partial charge in [-0.15, -0.1) is 0 Å². The van der Waals surface area contributed by atoms with E-state index in [0.29, 0.717) is 48.2 Å². The topological polar surface area (TPSA) is 73.8 Å². The van der Waals surface area contributed by atoms with Gasteiger partial charge in [-0.2, -0.15) is 0 Å². The average molecular weight is 360 g/mol. The highest BCUT2D eigenvalue weighted by molar-refractivity contribution is 6.31. The number of hydrogen-bond acceptors (Lipinski definition) is 4. The molecule has 0 bridgehead atoms. The zero-order valence-corrected chi connectivity index (χ0v) is 14.8. The largest absolute Gasteiger partial charge is 0.383 e. The Morgan fingerprint density at radius 2 is 1.96 bits per heavy atom. The van der Waals surface area contributed by atoms with Crippen LogP contribution in [-0.2, 0) is 19.6 Å². The molecule has 0 unspecified atom stereocenters. The lowest BCUT2D eigenvalue weighted by atomic mass is 10.1. The number of halogens is 1. The number of hydrogen-bond donors (Lipinski definition) is 1. The van der Waals surface area contributed by atoms with Gasteiger partial charge in [0.05, 0.1) is 0 Å². The number of benzene rings is 1. The molecule has 7 nitrogen and oxygen atoms in total. The van der Waals surface area contributed by atoms with E-state index in [1.54, 1.807) is 17.6 Å². The summed E-state index contributed by atoms with van der Waals surface area (Å²) in [5.74, 6) is 0.680. The van der Waals surface area contributed by atoms with Crippen molar-refractivity contribution in [3.63, 3.8) is 0 Å². The summed E-state index contributed by atoms with van der Waals surface area (Å²) in [4.78, 5) is 30.1. The molecule has 3 aromatic rings. The first-order valence-corrected chi connectivity index (χ1v) is 8.72. The molecular weight excluding hydrogens is 342 g/mol. The Kier molecular flexibility index (Phi) is 3.68. The predicted molar refractivity (Wildman–Crippen MR) is 98.5 cm³/mol. The quantitative estimate of drug-likeness (QED) is 0.760. The second kappa shape index (κ2) is 5.77. The Labute approximate surface area is 148 Å². The minimum Gasteiger partial charge on any atom is -0.383 e. The van der Waals surface area contributed by atoms with Crippen molar-refractivity contribution in [2.24, 2.45) is 0 Å². The first kappa shape index (κ1) is 16.0. The van der Waals surface area contributed by atoms with Crippen molar-refractivity contribution in [3.8, 4) is 11.4 Å². The first-order chi connectivity index (χ1) is 12.1. The van der Waals surface area contributed by atoms with E-state index in [9.17, 15) is 9.59 Å². The van der Waals surface area contributed by atoms with Crippen LogP contribution < -0.4 is 16.6 Å². The van der Waals surface area contributed by atoms with Gasteiger partial charge in [0, 0.05) is 42.5 Å². The number of aromatic nitrogens is 4. The number of anilines is 1. The third kappa shape index (κ3) is 2.22. The summed E-state index contributed by atoms with van der Waals surface area (Å²) in [5.41, 5.74) is 2.04. The van der Waals surface area contributed by atoms with Crippen LogP contribution in [0.5, 0.6) is 0 Å². The van der Waals surface area contributed by atoms with Crippen molar-refractivity contribution in [3.05, 3.63) is 44.1 Å². The molecule has 1 N–H and O–H groups in total. The molecular formula is C17H18ClN5O2. The van der Waals surface area contributed by atoms with Gasteiger partial charge < -0.3 is 9.88 Å². The standard InChI is InChI=1S/C17H18ClN5O2/c1-3-21-15-13(16(24)22(4-2)17(21)25)20-14-11-6-5-10(18)9-12(11)19-7-8-23(14)15/h5-6,9,19H,3-4,7-8H2,1-2H3. The molecule has 1 aromatic carbocycles. The van der Waals surface area contributed by atoms with Crippen LogP contribution in [0.15, 0.2) is 27.8 Å². The van der Waals surface area contributed by atoms with Crippen molar-refractivity contribution in [2.75, 3.05) is 11.9 Å². The molecule has 0 atom stereocenters. The lowest BCUT2D eigenvalue weighted by Gasteiger charge is -2.11. The molecule has 8 heteroatoms. The van der Waals surface area contributed by atoms with Gasteiger partial charge in [-0.25, -0.2) is 9.78 Å². The summed E-state index contributed by atoms with van der Waals surface area (Å²) in [6.07, 6.45) is 0. The molecule has 3 heterocycles. The normalized spacial score (nSPS) is 13.2. The molecule has 25 heavy (non-hydrogen) atoms. The molecule has 0 spiro atoms. The summed E-state index contributed by atoms with van der Waals surface area (Å²) < 4.78 is 4.81. The van der Waals surface area contributed by atoms with Crippen LogP contribution in [0.25, 0.3) is 22.6 Å².